The summed E-state index contributed by atoms with van der Waals surface area (Å²) in [7, 11) is 2.95. The topological polar surface area (TPSA) is 87.2 Å². The molecule has 7 heteroatoms. The SMILES string of the molecule is COC(=O)C(C)CN(C)C(=O)N1CCC(C)(C(=O)O)CC1. The van der Waals surface area contributed by atoms with E-state index in [1.807, 2.05) is 0 Å². The molecule has 1 aliphatic heterocycles. The van der Waals surface area contributed by atoms with Gasteiger partial charge >= 0.3 is 18.0 Å². The van der Waals surface area contributed by atoms with Crippen LogP contribution in [0.2, 0.25) is 0 Å². The number of urea groups is 1. The van der Waals surface area contributed by atoms with E-state index < -0.39 is 17.3 Å². The molecule has 1 atom stereocenters. The Balaban J connectivity index is 2.54. The largest absolute Gasteiger partial charge is 0.481 e. The molecule has 2 amide bonds. The molecule has 0 aromatic rings. The highest BCUT2D eigenvalue weighted by Gasteiger charge is 2.38. The van der Waals surface area contributed by atoms with Gasteiger partial charge in [-0.15, -0.1) is 0 Å². The average molecular weight is 300 g/mol. The second-order valence-electron chi connectivity index (χ2n) is 5.94. The number of carbonyl (C=O) groups excluding carboxylic acids is 2. The van der Waals surface area contributed by atoms with Gasteiger partial charge in [0.15, 0.2) is 0 Å². The third-order valence-corrected chi connectivity index (χ3v) is 4.13. The molecule has 120 valence electrons. The Hall–Kier alpha value is -1.79. The molecule has 1 saturated heterocycles. The van der Waals surface area contributed by atoms with Crippen LogP contribution in [-0.2, 0) is 14.3 Å². The molecule has 1 fully saturated rings. The Labute approximate surface area is 124 Å². The first-order valence-electron chi connectivity index (χ1n) is 7.02. The fourth-order valence-corrected chi connectivity index (χ4v) is 2.41. The van der Waals surface area contributed by atoms with E-state index in [1.165, 1.54) is 12.0 Å². The van der Waals surface area contributed by atoms with Gasteiger partial charge in [0.25, 0.3) is 0 Å². The number of rotatable bonds is 4. The van der Waals surface area contributed by atoms with E-state index in [0.717, 1.165) is 0 Å². The zero-order valence-electron chi connectivity index (χ0n) is 13.1. The van der Waals surface area contributed by atoms with Gasteiger partial charge < -0.3 is 19.6 Å². The lowest BCUT2D eigenvalue weighted by Gasteiger charge is -2.38. The van der Waals surface area contributed by atoms with Crippen molar-refractivity contribution in [3.63, 3.8) is 0 Å². The van der Waals surface area contributed by atoms with Gasteiger partial charge in [0.05, 0.1) is 18.4 Å². The predicted molar refractivity (Wildman–Crippen MR) is 75.8 cm³/mol. The van der Waals surface area contributed by atoms with Crippen LogP contribution >= 0.6 is 0 Å². The van der Waals surface area contributed by atoms with Crippen molar-refractivity contribution in [2.24, 2.45) is 11.3 Å². The van der Waals surface area contributed by atoms with Gasteiger partial charge in [-0.1, -0.05) is 6.92 Å². The number of hydrogen-bond acceptors (Lipinski definition) is 4. The number of ether oxygens (including phenoxy) is 1. The summed E-state index contributed by atoms with van der Waals surface area (Å²) >= 11 is 0. The molecule has 1 unspecified atom stereocenters. The van der Waals surface area contributed by atoms with E-state index in [0.29, 0.717) is 25.9 Å². The van der Waals surface area contributed by atoms with E-state index in [2.05, 4.69) is 4.74 Å². The smallest absolute Gasteiger partial charge is 0.319 e. The third-order valence-electron chi connectivity index (χ3n) is 4.13. The lowest BCUT2D eigenvalue weighted by Crippen LogP contribution is -2.50. The summed E-state index contributed by atoms with van der Waals surface area (Å²) in [4.78, 5) is 37.9. The van der Waals surface area contributed by atoms with Crippen LogP contribution in [0.15, 0.2) is 0 Å². The van der Waals surface area contributed by atoms with Crippen molar-refractivity contribution in [2.45, 2.75) is 26.7 Å². The van der Waals surface area contributed by atoms with E-state index in [-0.39, 0.29) is 18.5 Å². The fraction of sp³-hybridized carbons (Fsp3) is 0.786. The number of likely N-dealkylation sites (tertiary alicyclic amines) is 1. The highest BCUT2D eigenvalue weighted by Crippen LogP contribution is 2.31. The van der Waals surface area contributed by atoms with Crippen LogP contribution in [0.1, 0.15) is 26.7 Å². The standard InChI is InChI=1S/C14H24N2O5/c1-10(11(17)21-4)9-15(3)13(20)16-7-5-14(2,6-8-16)12(18)19/h10H,5-9H2,1-4H3,(H,18,19). The molecule has 7 nitrogen and oxygen atoms in total. The molecule has 1 heterocycles. The number of aliphatic carboxylic acids is 1. The quantitative estimate of drug-likeness (QED) is 0.784. The Morgan fingerprint density at radius 1 is 1.33 bits per heavy atom. The van der Waals surface area contributed by atoms with Gasteiger partial charge in [0.2, 0.25) is 0 Å². The highest BCUT2D eigenvalue weighted by molar-refractivity contribution is 5.78. The van der Waals surface area contributed by atoms with E-state index >= 15 is 0 Å². The number of amides is 2. The van der Waals surface area contributed by atoms with Gasteiger partial charge in [-0.05, 0) is 19.8 Å². The first-order chi connectivity index (χ1) is 9.71. The summed E-state index contributed by atoms with van der Waals surface area (Å²) in [6, 6.07) is -0.182. The molecular formula is C14H24N2O5. The van der Waals surface area contributed by atoms with Crippen LogP contribution in [0.5, 0.6) is 0 Å². The van der Waals surface area contributed by atoms with Crippen molar-refractivity contribution in [3.05, 3.63) is 0 Å². The molecule has 0 aliphatic carbocycles. The van der Waals surface area contributed by atoms with Crippen LogP contribution in [0.25, 0.3) is 0 Å². The van der Waals surface area contributed by atoms with E-state index in [9.17, 15) is 19.5 Å². The number of esters is 1. The van der Waals surface area contributed by atoms with E-state index in [4.69, 9.17) is 0 Å². The van der Waals surface area contributed by atoms with Gasteiger partial charge in [-0.25, -0.2) is 4.79 Å². The zero-order chi connectivity index (χ0) is 16.2. The van der Waals surface area contributed by atoms with Crippen LogP contribution in [0, 0.1) is 11.3 Å². The van der Waals surface area contributed by atoms with Crippen molar-refractivity contribution in [1.82, 2.24) is 9.80 Å². The Kier molecular flexibility index (Phi) is 5.57. The maximum Gasteiger partial charge on any atom is 0.319 e. The Morgan fingerprint density at radius 2 is 1.86 bits per heavy atom. The van der Waals surface area contributed by atoms with Crippen LogP contribution < -0.4 is 0 Å². The maximum atomic E-state index is 12.3. The molecule has 0 aromatic heterocycles. The minimum atomic E-state index is -0.817. The highest BCUT2D eigenvalue weighted by atomic mass is 16.5. The zero-order valence-corrected chi connectivity index (χ0v) is 13.1. The monoisotopic (exact) mass is 300 g/mol. The van der Waals surface area contributed by atoms with Crippen molar-refractivity contribution in [2.75, 3.05) is 33.8 Å². The number of carboxylic acids is 1. The minimum absolute atomic E-state index is 0.182. The second-order valence-corrected chi connectivity index (χ2v) is 5.94. The Bertz CT molecular complexity index is 416. The van der Waals surface area contributed by atoms with Crippen molar-refractivity contribution >= 4 is 18.0 Å². The summed E-state index contributed by atoms with van der Waals surface area (Å²) in [5, 5.41) is 9.17. The predicted octanol–water partition coefficient (Wildman–Crippen LogP) is 1.03. The normalized spacial score (nSPS) is 18.8. The van der Waals surface area contributed by atoms with Gasteiger partial charge in [0, 0.05) is 26.7 Å². The number of hydrogen-bond donors (Lipinski definition) is 1. The van der Waals surface area contributed by atoms with Crippen molar-refractivity contribution in [1.29, 1.82) is 0 Å². The average Bonchev–Trinajstić information content (AvgIpc) is 2.46. The number of carboxylic acid groups (broad SMARTS) is 1. The van der Waals surface area contributed by atoms with Crippen LogP contribution in [0.4, 0.5) is 4.79 Å². The molecule has 1 rings (SSSR count). The summed E-state index contributed by atoms with van der Waals surface area (Å²) < 4.78 is 4.64. The molecule has 1 aliphatic rings. The fourth-order valence-electron chi connectivity index (χ4n) is 2.41. The second kappa shape index (κ2) is 6.78. The molecule has 0 saturated carbocycles. The lowest BCUT2D eigenvalue weighted by molar-refractivity contribution is -0.150. The van der Waals surface area contributed by atoms with Crippen LogP contribution in [0.3, 0.4) is 0 Å². The van der Waals surface area contributed by atoms with Gasteiger partial charge in [0.1, 0.15) is 0 Å². The van der Waals surface area contributed by atoms with Crippen molar-refractivity contribution in [3.8, 4) is 0 Å². The summed E-state index contributed by atoms with van der Waals surface area (Å²) in [5.74, 6) is -1.56. The van der Waals surface area contributed by atoms with Gasteiger partial charge in [-0.2, -0.15) is 0 Å². The van der Waals surface area contributed by atoms with Crippen molar-refractivity contribution < 1.29 is 24.2 Å². The minimum Gasteiger partial charge on any atom is -0.481 e. The van der Waals surface area contributed by atoms with Gasteiger partial charge in [-0.3, -0.25) is 9.59 Å². The summed E-state index contributed by atoms with van der Waals surface area (Å²) in [5.41, 5.74) is -0.755. The molecule has 1 N–H and O–H groups in total. The molecule has 0 spiro atoms. The molecule has 21 heavy (non-hydrogen) atoms. The third kappa shape index (κ3) is 4.09. The Morgan fingerprint density at radius 3 is 2.29 bits per heavy atom. The van der Waals surface area contributed by atoms with E-state index in [1.54, 1.807) is 25.8 Å². The van der Waals surface area contributed by atoms with Crippen LogP contribution in [-0.4, -0.2) is 66.7 Å². The summed E-state index contributed by atoms with van der Waals surface area (Å²) in [6.45, 7) is 4.52. The first kappa shape index (κ1) is 17.3. The first-order valence-corrected chi connectivity index (χ1v) is 7.02. The summed E-state index contributed by atoms with van der Waals surface area (Å²) in [6.07, 6.45) is 0.878. The molecule has 0 radical (unpaired) electrons. The maximum absolute atomic E-state index is 12.3. The molecule has 0 aromatic carbocycles. The number of methoxy groups -OCH3 is 1. The molecule has 0 bridgehead atoms. The molecular weight excluding hydrogens is 276 g/mol. The lowest BCUT2D eigenvalue weighted by atomic mass is 9.80. The number of nitrogens with zero attached hydrogens (tertiary/aromatic N) is 2. The number of carbonyl (C=O) groups is 3. The number of piperidine rings is 1.